The number of hydrogen-bond acceptors (Lipinski definition) is 3. The zero-order chi connectivity index (χ0) is 23.7. The molecule has 0 spiro atoms. The lowest BCUT2D eigenvalue weighted by molar-refractivity contribution is -0.144. The lowest BCUT2D eigenvalue weighted by atomic mass is 10.1. The number of esters is 1. The van der Waals surface area contributed by atoms with E-state index in [1.54, 1.807) is 0 Å². The molecule has 1 rings (SSSR count). The molecule has 3 nitrogen and oxygen atoms in total. The topological polar surface area (TPSA) is 35.5 Å². The van der Waals surface area contributed by atoms with Gasteiger partial charge in [0.05, 0.1) is 0 Å². The largest absolute Gasteiger partial charge is 0.490 e. The summed E-state index contributed by atoms with van der Waals surface area (Å²) in [6.07, 6.45) is 27.5. The summed E-state index contributed by atoms with van der Waals surface area (Å²) in [6.45, 7) is 3.01. The highest BCUT2D eigenvalue weighted by Gasteiger charge is 2.03. The second-order valence-electron chi connectivity index (χ2n) is 9.13. The standard InChI is InChI=1S/C30H50O3/c1-2-3-4-5-6-7-8-9-10-11-12-13-14-15-16-17-18-19-23-26-30(31)33-28-27-32-29-24-21-20-22-25-29/h9-10,20-22,24-25H,2-8,11-19,23,26-28H2,1H3. The number of allylic oxidation sites excluding steroid dienone is 2. The zero-order valence-electron chi connectivity index (χ0n) is 21.4. The smallest absolute Gasteiger partial charge is 0.305 e. The van der Waals surface area contributed by atoms with Crippen LogP contribution in [0.5, 0.6) is 5.75 Å². The summed E-state index contributed by atoms with van der Waals surface area (Å²) in [6, 6.07) is 9.61. The third kappa shape index (κ3) is 20.6. The number of carbonyl (C=O) groups is 1. The van der Waals surface area contributed by atoms with Crippen molar-refractivity contribution in [3.63, 3.8) is 0 Å². The number of para-hydroxylation sites is 1. The highest BCUT2D eigenvalue weighted by atomic mass is 16.6. The molecule has 1 aromatic rings. The normalized spacial score (nSPS) is 11.2. The van der Waals surface area contributed by atoms with Crippen LogP contribution in [0.3, 0.4) is 0 Å². The molecule has 188 valence electrons. The third-order valence-electron chi connectivity index (χ3n) is 6.00. The van der Waals surface area contributed by atoms with Gasteiger partial charge in [-0.25, -0.2) is 0 Å². The van der Waals surface area contributed by atoms with E-state index in [0.717, 1.165) is 18.6 Å². The molecule has 0 aromatic heterocycles. The number of unbranched alkanes of at least 4 members (excludes halogenated alkanes) is 15. The maximum absolute atomic E-state index is 11.8. The number of carbonyl (C=O) groups excluding carboxylic acids is 1. The molecule has 0 unspecified atom stereocenters. The minimum Gasteiger partial charge on any atom is -0.490 e. The van der Waals surface area contributed by atoms with Gasteiger partial charge in [0.15, 0.2) is 0 Å². The van der Waals surface area contributed by atoms with Crippen LogP contribution in [-0.4, -0.2) is 19.2 Å². The van der Waals surface area contributed by atoms with Gasteiger partial charge in [-0.2, -0.15) is 0 Å². The maximum Gasteiger partial charge on any atom is 0.305 e. The van der Waals surface area contributed by atoms with Crippen molar-refractivity contribution in [2.45, 2.75) is 122 Å². The van der Waals surface area contributed by atoms with E-state index in [0.29, 0.717) is 19.6 Å². The molecular formula is C30H50O3. The van der Waals surface area contributed by atoms with Crippen molar-refractivity contribution in [2.75, 3.05) is 13.2 Å². The number of rotatable bonds is 23. The molecule has 0 saturated carbocycles. The van der Waals surface area contributed by atoms with E-state index in [1.165, 1.54) is 96.3 Å². The minimum atomic E-state index is -0.104. The molecule has 0 radical (unpaired) electrons. The van der Waals surface area contributed by atoms with Gasteiger partial charge in [-0.3, -0.25) is 4.79 Å². The van der Waals surface area contributed by atoms with Crippen LogP contribution in [0.4, 0.5) is 0 Å². The van der Waals surface area contributed by atoms with E-state index in [4.69, 9.17) is 9.47 Å². The van der Waals surface area contributed by atoms with E-state index in [-0.39, 0.29) is 5.97 Å². The highest BCUT2D eigenvalue weighted by molar-refractivity contribution is 5.69. The molecule has 0 bridgehead atoms. The van der Waals surface area contributed by atoms with Crippen molar-refractivity contribution in [3.8, 4) is 5.75 Å². The van der Waals surface area contributed by atoms with Gasteiger partial charge in [0.1, 0.15) is 19.0 Å². The van der Waals surface area contributed by atoms with Crippen LogP contribution < -0.4 is 4.74 Å². The Hall–Kier alpha value is -1.77. The second kappa shape index (κ2) is 23.4. The monoisotopic (exact) mass is 458 g/mol. The fourth-order valence-electron chi connectivity index (χ4n) is 3.95. The predicted molar refractivity (Wildman–Crippen MR) is 141 cm³/mol. The molecule has 0 saturated heterocycles. The van der Waals surface area contributed by atoms with Gasteiger partial charge in [-0.15, -0.1) is 0 Å². The molecule has 1 aromatic carbocycles. The lowest BCUT2D eigenvalue weighted by Crippen LogP contribution is -2.11. The van der Waals surface area contributed by atoms with Gasteiger partial charge in [0.2, 0.25) is 0 Å². The highest BCUT2D eigenvalue weighted by Crippen LogP contribution is 2.13. The Morgan fingerprint density at radius 1 is 0.667 bits per heavy atom. The summed E-state index contributed by atoms with van der Waals surface area (Å²) in [4.78, 5) is 11.8. The van der Waals surface area contributed by atoms with Crippen molar-refractivity contribution in [3.05, 3.63) is 42.5 Å². The Morgan fingerprint density at radius 2 is 1.18 bits per heavy atom. The summed E-state index contributed by atoms with van der Waals surface area (Å²) >= 11 is 0. The Morgan fingerprint density at radius 3 is 1.76 bits per heavy atom. The molecule has 3 heteroatoms. The van der Waals surface area contributed by atoms with E-state index in [9.17, 15) is 4.79 Å². The van der Waals surface area contributed by atoms with Crippen molar-refractivity contribution in [1.82, 2.24) is 0 Å². The fraction of sp³-hybridized carbons (Fsp3) is 0.700. The number of ether oxygens (including phenoxy) is 2. The first kappa shape index (κ1) is 29.3. The predicted octanol–water partition coefficient (Wildman–Crippen LogP) is 9.21. The Bertz CT molecular complexity index is 567. The molecule has 33 heavy (non-hydrogen) atoms. The molecule has 0 aliphatic carbocycles. The van der Waals surface area contributed by atoms with E-state index >= 15 is 0 Å². The summed E-state index contributed by atoms with van der Waals surface area (Å²) in [5.41, 5.74) is 0. The minimum absolute atomic E-state index is 0.104. The van der Waals surface area contributed by atoms with Crippen LogP contribution >= 0.6 is 0 Å². The van der Waals surface area contributed by atoms with Crippen LogP contribution in [0.25, 0.3) is 0 Å². The average Bonchev–Trinajstić information content (AvgIpc) is 2.84. The summed E-state index contributed by atoms with van der Waals surface area (Å²) in [5.74, 6) is 0.705. The maximum atomic E-state index is 11.8. The Labute approximate surface area is 204 Å². The Kier molecular flexibility index (Phi) is 20.7. The van der Waals surface area contributed by atoms with E-state index in [1.807, 2.05) is 30.3 Å². The van der Waals surface area contributed by atoms with Crippen molar-refractivity contribution in [1.29, 1.82) is 0 Å². The van der Waals surface area contributed by atoms with Crippen molar-refractivity contribution < 1.29 is 14.3 Å². The van der Waals surface area contributed by atoms with Crippen LogP contribution in [0, 0.1) is 0 Å². The third-order valence-corrected chi connectivity index (χ3v) is 6.00. The quantitative estimate of drug-likeness (QED) is 0.0931. The summed E-state index contributed by atoms with van der Waals surface area (Å²) in [7, 11) is 0. The number of hydrogen-bond donors (Lipinski definition) is 0. The second-order valence-corrected chi connectivity index (χ2v) is 9.13. The molecule has 0 aliphatic heterocycles. The first-order valence-corrected chi connectivity index (χ1v) is 13.8. The SMILES string of the molecule is CCCCCCCCC=CCCCCCCCCCCCC(=O)OCCOc1ccccc1. The van der Waals surface area contributed by atoms with Gasteiger partial charge in [-0.1, -0.05) is 114 Å². The van der Waals surface area contributed by atoms with Crippen molar-refractivity contribution >= 4 is 5.97 Å². The Balaban J connectivity index is 1.74. The fourth-order valence-corrected chi connectivity index (χ4v) is 3.95. The van der Waals surface area contributed by atoms with Crippen LogP contribution in [-0.2, 0) is 9.53 Å². The van der Waals surface area contributed by atoms with E-state index in [2.05, 4.69) is 19.1 Å². The van der Waals surface area contributed by atoms with Gasteiger partial charge in [0.25, 0.3) is 0 Å². The first-order chi connectivity index (χ1) is 16.3. The molecule has 0 heterocycles. The lowest BCUT2D eigenvalue weighted by Gasteiger charge is -2.07. The summed E-state index contributed by atoms with van der Waals surface area (Å²) < 4.78 is 10.8. The molecule has 0 amide bonds. The van der Waals surface area contributed by atoms with Gasteiger partial charge in [0, 0.05) is 6.42 Å². The van der Waals surface area contributed by atoms with Crippen molar-refractivity contribution in [2.24, 2.45) is 0 Å². The van der Waals surface area contributed by atoms with E-state index < -0.39 is 0 Å². The molecule has 0 atom stereocenters. The number of benzene rings is 1. The van der Waals surface area contributed by atoms with Crippen LogP contribution in [0.15, 0.2) is 42.5 Å². The van der Waals surface area contributed by atoms with Crippen LogP contribution in [0.1, 0.15) is 122 Å². The molecule has 0 N–H and O–H groups in total. The molecule has 0 fully saturated rings. The molecular weight excluding hydrogens is 408 g/mol. The first-order valence-electron chi connectivity index (χ1n) is 13.8. The van der Waals surface area contributed by atoms with Gasteiger partial charge < -0.3 is 9.47 Å². The van der Waals surface area contributed by atoms with Gasteiger partial charge >= 0.3 is 5.97 Å². The summed E-state index contributed by atoms with van der Waals surface area (Å²) in [5, 5.41) is 0. The molecule has 0 aliphatic rings. The average molecular weight is 459 g/mol. The zero-order valence-corrected chi connectivity index (χ0v) is 21.4. The van der Waals surface area contributed by atoms with Crippen LogP contribution in [0.2, 0.25) is 0 Å². The van der Waals surface area contributed by atoms with Gasteiger partial charge in [-0.05, 0) is 44.2 Å².